The highest BCUT2D eigenvalue weighted by atomic mass is 19.1. The van der Waals surface area contributed by atoms with E-state index in [2.05, 4.69) is 0 Å². The van der Waals surface area contributed by atoms with Crippen molar-refractivity contribution in [3.63, 3.8) is 0 Å². The normalized spacial score (nSPS) is 14.2. The minimum Gasteiger partial charge on any atom is -0.506 e. The van der Waals surface area contributed by atoms with Crippen molar-refractivity contribution < 1.29 is 19.0 Å². The number of rotatable bonds is 5. The van der Waals surface area contributed by atoms with E-state index in [9.17, 15) is 19.1 Å². The number of esters is 1. The lowest BCUT2D eigenvalue weighted by atomic mass is 10.1. The minimum absolute atomic E-state index is 0.0843. The molecule has 0 bridgehead atoms. The number of hydrogen-bond acceptors (Lipinski definition) is 4. The predicted octanol–water partition coefficient (Wildman–Crippen LogP) is 2.82. The van der Waals surface area contributed by atoms with Gasteiger partial charge in [-0.1, -0.05) is 12.8 Å². The van der Waals surface area contributed by atoms with E-state index in [0.29, 0.717) is 18.0 Å². The summed E-state index contributed by atoms with van der Waals surface area (Å²) in [7, 11) is 0. The minimum atomic E-state index is -0.888. The Bertz CT molecular complexity index is 823. The van der Waals surface area contributed by atoms with Crippen LogP contribution in [0.1, 0.15) is 36.5 Å². The number of aromatic hydroxyl groups is 1. The quantitative estimate of drug-likeness (QED) is 0.861. The Labute approximate surface area is 132 Å². The van der Waals surface area contributed by atoms with Crippen LogP contribution in [0.5, 0.6) is 5.75 Å². The van der Waals surface area contributed by atoms with Gasteiger partial charge in [-0.2, -0.15) is 0 Å². The van der Waals surface area contributed by atoms with E-state index in [-0.39, 0.29) is 12.0 Å². The van der Waals surface area contributed by atoms with Crippen molar-refractivity contribution in [2.24, 2.45) is 5.92 Å². The third kappa shape index (κ3) is 2.93. The molecule has 3 rings (SSSR count). The molecule has 0 amide bonds. The van der Waals surface area contributed by atoms with E-state index in [1.807, 2.05) is 0 Å². The van der Waals surface area contributed by atoms with Crippen LogP contribution in [-0.2, 0) is 11.3 Å². The summed E-state index contributed by atoms with van der Waals surface area (Å²) in [6, 6.07) is 3.81. The van der Waals surface area contributed by atoms with E-state index in [4.69, 9.17) is 4.74 Å². The smallest absolute Gasteiger partial charge is 0.347 e. The first-order valence-corrected chi connectivity index (χ1v) is 7.75. The summed E-state index contributed by atoms with van der Waals surface area (Å²) in [6.07, 6.45) is 3.10. The van der Waals surface area contributed by atoms with Crippen molar-refractivity contribution in [2.75, 3.05) is 6.61 Å². The van der Waals surface area contributed by atoms with Crippen LogP contribution >= 0.6 is 0 Å². The Hall–Kier alpha value is -2.37. The lowest BCUT2D eigenvalue weighted by Crippen LogP contribution is -2.28. The standard InChI is InChI=1S/C17H18FNO4/c1-2-23-17(22)14-15(20)12-9-11(18)5-6-13(12)19(16(14)21)8-7-10-3-4-10/h5-6,9-10,20H,2-4,7-8H2,1H3. The second-order valence-corrected chi connectivity index (χ2v) is 5.79. The molecule has 1 saturated carbocycles. The molecule has 122 valence electrons. The zero-order valence-corrected chi connectivity index (χ0v) is 12.8. The first-order chi connectivity index (χ1) is 11.0. The molecule has 1 heterocycles. The summed E-state index contributed by atoms with van der Waals surface area (Å²) in [4.78, 5) is 24.7. The second kappa shape index (κ2) is 6.02. The number of carbonyl (C=O) groups excluding carboxylic acids is 1. The van der Waals surface area contributed by atoms with Crippen LogP contribution in [0.4, 0.5) is 4.39 Å². The number of aryl methyl sites for hydroxylation is 1. The van der Waals surface area contributed by atoms with E-state index in [1.165, 1.54) is 16.7 Å². The van der Waals surface area contributed by atoms with Crippen LogP contribution < -0.4 is 5.56 Å². The number of carbonyl (C=O) groups is 1. The van der Waals surface area contributed by atoms with Crippen molar-refractivity contribution in [3.8, 4) is 5.75 Å². The van der Waals surface area contributed by atoms with Gasteiger partial charge in [-0.15, -0.1) is 0 Å². The third-order valence-corrected chi connectivity index (χ3v) is 4.14. The number of fused-ring (bicyclic) bond motifs is 1. The molecule has 1 aliphatic carbocycles. The highest BCUT2D eigenvalue weighted by Crippen LogP contribution is 2.34. The van der Waals surface area contributed by atoms with Crippen LogP contribution in [0.3, 0.4) is 0 Å². The van der Waals surface area contributed by atoms with Crippen LogP contribution in [0.15, 0.2) is 23.0 Å². The molecule has 0 spiro atoms. The van der Waals surface area contributed by atoms with Gasteiger partial charge >= 0.3 is 5.97 Å². The van der Waals surface area contributed by atoms with E-state index in [0.717, 1.165) is 25.3 Å². The Balaban J connectivity index is 2.20. The number of hydrogen-bond donors (Lipinski definition) is 1. The van der Waals surface area contributed by atoms with E-state index in [1.54, 1.807) is 6.92 Å². The third-order valence-electron chi connectivity index (χ3n) is 4.14. The average molecular weight is 319 g/mol. The molecule has 1 aromatic carbocycles. The van der Waals surface area contributed by atoms with Crippen molar-refractivity contribution >= 4 is 16.9 Å². The molecular formula is C17H18FNO4. The van der Waals surface area contributed by atoms with Crippen molar-refractivity contribution in [1.82, 2.24) is 4.57 Å². The summed E-state index contributed by atoms with van der Waals surface area (Å²) in [6.45, 7) is 2.13. The Morgan fingerprint density at radius 1 is 1.43 bits per heavy atom. The fourth-order valence-electron chi connectivity index (χ4n) is 2.74. The molecule has 0 unspecified atom stereocenters. The lowest BCUT2D eigenvalue weighted by molar-refractivity contribution is 0.0520. The molecule has 0 aliphatic heterocycles. The molecule has 5 nitrogen and oxygen atoms in total. The summed E-state index contributed by atoms with van der Waals surface area (Å²) in [5, 5.41) is 10.4. The molecule has 0 saturated heterocycles. The maximum absolute atomic E-state index is 13.5. The summed E-state index contributed by atoms with van der Waals surface area (Å²) in [5.41, 5.74) is -0.607. The van der Waals surface area contributed by atoms with Gasteiger partial charge in [0.25, 0.3) is 5.56 Å². The molecule has 1 fully saturated rings. The number of pyridine rings is 1. The predicted molar refractivity (Wildman–Crippen MR) is 83.1 cm³/mol. The van der Waals surface area contributed by atoms with E-state index < -0.39 is 28.7 Å². The highest BCUT2D eigenvalue weighted by Gasteiger charge is 2.25. The number of benzene rings is 1. The molecule has 6 heteroatoms. The number of ether oxygens (including phenoxy) is 1. The molecule has 23 heavy (non-hydrogen) atoms. The zero-order chi connectivity index (χ0) is 16.6. The molecule has 1 N–H and O–H groups in total. The lowest BCUT2D eigenvalue weighted by Gasteiger charge is -2.14. The van der Waals surface area contributed by atoms with Crippen LogP contribution in [-0.4, -0.2) is 22.2 Å². The molecule has 0 atom stereocenters. The molecule has 1 aromatic heterocycles. The first-order valence-electron chi connectivity index (χ1n) is 7.75. The first kappa shape index (κ1) is 15.5. The van der Waals surface area contributed by atoms with Gasteiger partial charge in [-0.25, -0.2) is 9.18 Å². The Morgan fingerprint density at radius 3 is 2.83 bits per heavy atom. The topological polar surface area (TPSA) is 68.5 Å². The highest BCUT2D eigenvalue weighted by molar-refractivity contribution is 5.99. The van der Waals surface area contributed by atoms with Gasteiger partial charge in [0.1, 0.15) is 11.6 Å². The van der Waals surface area contributed by atoms with Gasteiger partial charge < -0.3 is 14.4 Å². The van der Waals surface area contributed by atoms with Gasteiger partial charge in [0.15, 0.2) is 5.56 Å². The summed E-state index contributed by atoms with van der Waals surface area (Å²) in [5.74, 6) is -1.36. The monoisotopic (exact) mass is 319 g/mol. The molecule has 2 aromatic rings. The number of aromatic nitrogens is 1. The number of halogens is 1. The SMILES string of the molecule is CCOC(=O)c1c(O)c2cc(F)ccc2n(CCC2CC2)c1=O. The van der Waals surface area contributed by atoms with Crippen LogP contribution in [0, 0.1) is 11.7 Å². The van der Waals surface area contributed by atoms with Crippen molar-refractivity contribution in [2.45, 2.75) is 32.7 Å². The van der Waals surface area contributed by atoms with Gasteiger partial charge in [0, 0.05) is 11.9 Å². The van der Waals surface area contributed by atoms with Crippen molar-refractivity contribution in [1.29, 1.82) is 0 Å². The Morgan fingerprint density at radius 2 is 2.17 bits per heavy atom. The van der Waals surface area contributed by atoms with Gasteiger partial charge in [-0.3, -0.25) is 4.79 Å². The molecule has 1 aliphatic rings. The van der Waals surface area contributed by atoms with Crippen LogP contribution in [0.2, 0.25) is 0 Å². The zero-order valence-electron chi connectivity index (χ0n) is 12.8. The summed E-state index contributed by atoms with van der Waals surface area (Å²) >= 11 is 0. The maximum Gasteiger partial charge on any atom is 0.347 e. The second-order valence-electron chi connectivity index (χ2n) is 5.79. The van der Waals surface area contributed by atoms with Gasteiger partial charge in [-0.05, 0) is 37.5 Å². The van der Waals surface area contributed by atoms with Crippen molar-refractivity contribution in [3.05, 3.63) is 39.9 Å². The maximum atomic E-state index is 13.5. The fraction of sp³-hybridized carbons (Fsp3) is 0.412. The van der Waals surface area contributed by atoms with Gasteiger partial charge in [0.05, 0.1) is 12.1 Å². The van der Waals surface area contributed by atoms with E-state index >= 15 is 0 Å². The molecule has 0 radical (unpaired) electrons. The molecular weight excluding hydrogens is 301 g/mol. The van der Waals surface area contributed by atoms with Crippen LogP contribution in [0.25, 0.3) is 10.9 Å². The fourth-order valence-corrected chi connectivity index (χ4v) is 2.74. The largest absolute Gasteiger partial charge is 0.506 e. The Kier molecular flexibility index (Phi) is 4.07. The number of nitrogens with zero attached hydrogens (tertiary/aromatic N) is 1. The summed E-state index contributed by atoms with van der Waals surface area (Å²) < 4.78 is 19.8. The van der Waals surface area contributed by atoms with Gasteiger partial charge in [0.2, 0.25) is 0 Å². The average Bonchev–Trinajstić information content (AvgIpc) is 3.32.